The molecule has 1 N–H and O–H groups in total. The Morgan fingerprint density at radius 3 is 2.84 bits per heavy atom. The maximum atomic E-state index is 5.72. The Hall–Kier alpha value is -2.03. The fourth-order valence-electron chi connectivity index (χ4n) is 2.21. The molecular formula is C16H18N2O. The van der Waals surface area contributed by atoms with Gasteiger partial charge < -0.3 is 9.72 Å². The molecule has 0 saturated heterocycles. The van der Waals surface area contributed by atoms with E-state index in [2.05, 4.69) is 42.0 Å². The fraction of sp³-hybridized carbons (Fsp3) is 0.312. The van der Waals surface area contributed by atoms with E-state index in [1.54, 1.807) is 0 Å². The van der Waals surface area contributed by atoms with Crippen molar-refractivity contribution in [3.63, 3.8) is 0 Å². The molecule has 1 aromatic carbocycles. The van der Waals surface area contributed by atoms with Crippen molar-refractivity contribution in [1.82, 2.24) is 9.97 Å². The number of hydrogen-bond donors (Lipinski definition) is 1. The van der Waals surface area contributed by atoms with Crippen LogP contribution in [0.15, 0.2) is 36.5 Å². The molecule has 0 aliphatic heterocycles. The predicted molar refractivity (Wildman–Crippen MR) is 78.5 cm³/mol. The zero-order chi connectivity index (χ0) is 13.2. The zero-order valence-corrected chi connectivity index (χ0v) is 11.3. The van der Waals surface area contributed by atoms with Gasteiger partial charge in [-0.2, -0.15) is 0 Å². The molecule has 2 aromatic heterocycles. The summed E-state index contributed by atoms with van der Waals surface area (Å²) in [7, 11) is 0. The van der Waals surface area contributed by atoms with E-state index in [4.69, 9.17) is 4.74 Å². The summed E-state index contributed by atoms with van der Waals surface area (Å²) in [4.78, 5) is 7.71. The van der Waals surface area contributed by atoms with Gasteiger partial charge in [0.2, 0.25) is 5.88 Å². The number of pyridine rings is 1. The van der Waals surface area contributed by atoms with Crippen molar-refractivity contribution in [1.29, 1.82) is 0 Å². The van der Waals surface area contributed by atoms with E-state index in [1.807, 2.05) is 18.3 Å². The summed E-state index contributed by atoms with van der Waals surface area (Å²) in [5.74, 6) is 1.36. The molecule has 0 radical (unpaired) electrons. The number of H-pyrrole nitrogens is 1. The first kappa shape index (κ1) is 12.0. The highest BCUT2D eigenvalue weighted by molar-refractivity contribution is 6.07. The molecule has 0 unspecified atom stereocenters. The third-order valence-electron chi connectivity index (χ3n) is 3.31. The SMILES string of the molecule is CC(C)CCOc1cc2c(cn1)[nH]c1ccccc12. The standard InChI is InChI=1S/C16H18N2O/c1-11(2)7-8-19-16-9-13-12-5-3-4-6-14(12)18-15(13)10-17-16/h3-6,9-11,18H,7-8H2,1-2H3. The van der Waals surface area contributed by atoms with Crippen molar-refractivity contribution in [3.05, 3.63) is 36.5 Å². The Kier molecular flexibility index (Phi) is 3.11. The minimum Gasteiger partial charge on any atom is -0.478 e. The number of rotatable bonds is 4. The molecule has 98 valence electrons. The normalized spacial score (nSPS) is 11.5. The Morgan fingerprint density at radius 2 is 2.00 bits per heavy atom. The molecule has 19 heavy (non-hydrogen) atoms. The number of fused-ring (bicyclic) bond motifs is 3. The molecule has 0 bridgehead atoms. The van der Waals surface area contributed by atoms with Crippen molar-refractivity contribution in [3.8, 4) is 5.88 Å². The monoisotopic (exact) mass is 254 g/mol. The van der Waals surface area contributed by atoms with Gasteiger partial charge in [0.25, 0.3) is 0 Å². The van der Waals surface area contributed by atoms with E-state index in [1.165, 1.54) is 10.8 Å². The van der Waals surface area contributed by atoms with Crippen LogP contribution >= 0.6 is 0 Å². The lowest BCUT2D eigenvalue weighted by atomic mass is 10.1. The van der Waals surface area contributed by atoms with Crippen LogP contribution in [0.4, 0.5) is 0 Å². The first-order valence-corrected chi connectivity index (χ1v) is 6.73. The minimum absolute atomic E-state index is 0.650. The molecule has 0 aliphatic rings. The minimum atomic E-state index is 0.650. The molecule has 0 spiro atoms. The van der Waals surface area contributed by atoms with E-state index < -0.39 is 0 Å². The van der Waals surface area contributed by atoms with Crippen LogP contribution in [0, 0.1) is 5.92 Å². The van der Waals surface area contributed by atoms with E-state index in [0.29, 0.717) is 11.8 Å². The van der Waals surface area contributed by atoms with Gasteiger partial charge in [-0.15, -0.1) is 0 Å². The Balaban J connectivity index is 1.93. The van der Waals surface area contributed by atoms with Crippen molar-refractivity contribution in [2.75, 3.05) is 6.61 Å². The van der Waals surface area contributed by atoms with Gasteiger partial charge in [-0.05, 0) is 18.4 Å². The summed E-state index contributed by atoms with van der Waals surface area (Å²) in [5.41, 5.74) is 2.19. The predicted octanol–water partition coefficient (Wildman–Crippen LogP) is 4.14. The molecule has 0 aliphatic carbocycles. The topological polar surface area (TPSA) is 37.9 Å². The molecule has 0 fully saturated rings. The largest absolute Gasteiger partial charge is 0.478 e. The number of aromatic amines is 1. The van der Waals surface area contributed by atoms with Crippen LogP contribution in [0.2, 0.25) is 0 Å². The molecule has 3 aromatic rings. The third kappa shape index (κ3) is 2.41. The van der Waals surface area contributed by atoms with Gasteiger partial charge in [0.1, 0.15) is 0 Å². The number of nitrogens with one attached hydrogen (secondary N) is 1. The quantitative estimate of drug-likeness (QED) is 0.759. The maximum absolute atomic E-state index is 5.72. The summed E-state index contributed by atoms with van der Waals surface area (Å²) in [6.45, 7) is 5.11. The van der Waals surface area contributed by atoms with Crippen LogP contribution in [0.3, 0.4) is 0 Å². The number of para-hydroxylation sites is 1. The number of aromatic nitrogens is 2. The molecule has 3 heteroatoms. The highest BCUT2D eigenvalue weighted by Gasteiger charge is 2.06. The second-order valence-corrected chi connectivity index (χ2v) is 5.27. The van der Waals surface area contributed by atoms with Gasteiger partial charge in [-0.3, -0.25) is 0 Å². The Morgan fingerprint density at radius 1 is 1.16 bits per heavy atom. The first-order valence-electron chi connectivity index (χ1n) is 6.73. The molecule has 3 nitrogen and oxygen atoms in total. The van der Waals surface area contributed by atoms with Gasteiger partial charge in [0.05, 0.1) is 18.3 Å². The van der Waals surface area contributed by atoms with Gasteiger partial charge >= 0.3 is 0 Å². The summed E-state index contributed by atoms with van der Waals surface area (Å²) in [6.07, 6.45) is 2.90. The number of ether oxygens (including phenoxy) is 1. The van der Waals surface area contributed by atoms with Crippen LogP contribution in [0.5, 0.6) is 5.88 Å². The maximum Gasteiger partial charge on any atom is 0.213 e. The van der Waals surface area contributed by atoms with Crippen molar-refractivity contribution in [2.45, 2.75) is 20.3 Å². The molecule has 0 atom stereocenters. The van der Waals surface area contributed by atoms with E-state index in [0.717, 1.165) is 24.1 Å². The number of hydrogen-bond acceptors (Lipinski definition) is 2. The second-order valence-electron chi connectivity index (χ2n) is 5.27. The molecule has 0 amide bonds. The van der Waals surface area contributed by atoms with Crippen molar-refractivity contribution < 1.29 is 4.74 Å². The zero-order valence-electron chi connectivity index (χ0n) is 11.3. The fourth-order valence-corrected chi connectivity index (χ4v) is 2.21. The van der Waals surface area contributed by atoms with E-state index >= 15 is 0 Å². The average Bonchev–Trinajstić information content (AvgIpc) is 2.76. The molecule has 3 rings (SSSR count). The van der Waals surface area contributed by atoms with Crippen LogP contribution in [-0.4, -0.2) is 16.6 Å². The lowest BCUT2D eigenvalue weighted by Crippen LogP contribution is -2.02. The van der Waals surface area contributed by atoms with E-state index in [9.17, 15) is 0 Å². The van der Waals surface area contributed by atoms with Gasteiger partial charge in [0, 0.05) is 22.4 Å². The second kappa shape index (κ2) is 4.92. The lowest BCUT2D eigenvalue weighted by molar-refractivity contribution is 0.280. The molecule has 2 heterocycles. The summed E-state index contributed by atoms with van der Waals surface area (Å²) >= 11 is 0. The van der Waals surface area contributed by atoms with Crippen molar-refractivity contribution >= 4 is 21.8 Å². The molecular weight excluding hydrogens is 236 g/mol. The Bertz CT molecular complexity index is 700. The average molecular weight is 254 g/mol. The van der Waals surface area contributed by atoms with Crippen LogP contribution < -0.4 is 4.74 Å². The van der Waals surface area contributed by atoms with Crippen molar-refractivity contribution in [2.24, 2.45) is 5.92 Å². The van der Waals surface area contributed by atoms with Gasteiger partial charge in [-0.25, -0.2) is 4.98 Å². The molecule has 0 saturated carbocycles. The van der Waals surface area contributed by atoms with E-state index in [-0.39, 0.29) is 0 Å². The first-order chi connectivity index (χ1) is 9.24. The lowest BCUT2D eigenvalue weighted by Gasteiger charge is -2.06. The number of benzene rings is 1. The summed E-state index contributed by atoms with van der Waals surface area (Å²) in [5, 5.41) is 2.39. The number of nitrogens with zero attached hydrogens (tertiary/aromatic N) is 1. The third-order valence-corrected chi connectivity index (χ3v) is 3.31. The summed E-state index contributed by atoms with van der Waals surface area (Å²) in [6, 6.07) is 10.3. The smallest absolute Gasteiger partial charge is 0.213 e. The van der Waals surface area contributed by atoms with Crippen LogP contribution in [0.1, 0.15) is 20.3 Å². The highest BCUT2D eigenvalue weighted by Crippen LogP contribution is 2.26. The Labute approximate surface area is 112 Å². The highest BCUT2D eigenvalue weighted by atomic mass is 16.5. The van der Waals surface area contributed by atoms with Gasteiger partial charge in [0.15, 0.2) is 0 Å². The van der Waals surface area contributed by atoms with Crippen LogP contribution in [0.25, 0.3) is 21.8 Å². The summed E-state index contributed by atoms with van der Waals surface area (Å²) < 4.78 is 5.72. The van der Waals surface area contributed by atoms with Crippen LogP contribution in [-0.2, 0) is 0 Å². The van der Waals surface area contributed by atoms with Gasteiger partial charge in [-0.1, -0.05) is 32.0 Å².